The Hall–Kier alpha value is -8.29. The molecule has 3 heterocycles. The molecule has 0 radical (unpaired) electrons. The van der Waals surface area contributed by atoms with E-state index in [-0.39, 0.29) is 0 Å². The second-order valence-corrected chi connectivity index (χ2v) is 15.6. The Balaban J connectivity index is 1.16. The summed E-state index contributed by atoms with van der Waals surface area (Å²) >= 11 is 0. The van der Waals surface area contributed by atoms with E-state index in [1.165, 1.54) is 5.56 Å². The summed E-state index contributed by atoms with van der Waals surface area (Å²) in [7, 11) is 0. The summed E-state index contributed by atoms with van der Waals surface area (Å²) in [5, 5.41) is 0. The maximum absolute atomic E-state index is 5.13. The molecule has 10 rings (SSSR count). The average Bonchev–Trinajstić information content (AvgIpc) is 3.35. The molecule has 3 aromatic heterocycles. The topological polar surface area (TPSA) is 90.2 Å². The highest BCUT2D eigenvalue weighted by Gasteiger charge is 2.19. The number of benzene rings is 7. The number of aryl methyl sites for hydroxylation is 2. The smallest absolute Gasteiger partial charge is 0.164 e. The molecule has 300 valence electrons. The Morgan fingerprint density at radius 3 is 1.13 bits per heavy atom. The van der Waals surface area contributed by atoms with Crippen LogP contribution >= 0.6 is 0 Å². The molecule has 7 aromatic carbocycles. The van der Waals surface area contributed by atoms with Gasteiger partial charge < -0.3 is 0 Å². The first-order chi connectivity index (χ1) is 30.9. The molecular weight excluding hydrogens is 771 g/mol. The highest BCUT2D eigenvalue weighted by atomic mass is 15.0. The fourth-order valence-electron chi connectivity index (χ4n) is 7.90. The average molecular weight is 812 g/mol. The van der Waals surface area contributed by atoms with Gasteiger partial charge in [0.2, 0.25) is 0 Å². The molecule has 0 amide bonds. The van der Waals surface area contributed by atoms with Crippen LogP contribution in [0.15, 0.2) is 194 Å². The van der Waals surface area contributed by atoms with E-state index in [0.29, 0.717) is 34.9 Å². The van der Waals surface area contributed by atoms with E-state index < -0.39 is 0 Å². The number of hydrogen-bond acceptors (Lipinski definition) is 7. The Morgan fingerprint density at radius 1 is 0.254 bits per heavy atom. The van der Waals surface area contributed by atoms with Gasteiger partial charge in [-0.25, -0.2) is 29.9 Å². The second-order valence-electron chi connectivity index (χ2n) is 15.6. The third-order valence-corrected chi connectivity index (χ3v) is 11.2. The second kappa shape index (κ2) is 17.0. The zero-order chi connectivity index (χ0) is 42.7. The molecule has 0 fully saturated rings. The van der Waals surface area contributed by atoms with E-state index in [4.69, 9.17) is 34.9 Å². The maximum Gasteiger partial charge on any atom is 0.164 e. The van der Waals surface area contributed by atoms with Gasteiger partial charge in [-0.3, -0.25) is 4.98 Å². The molecule has 10 aromatic rings. The van der Waals surface area contributed by atoms with Crippen molar-refractivity contribution < 1.29 is 0 Å². The van der Waals surface area contributed by atoms with Crippen molar-refractivity contribution in [1.29, 1.82) is 0 Å². The molecule has 0 aliphatic carbocycles. The van der Waals surface area contributed by atoms with E-state index in [2.05, 4.69) is 87.5 Å². The van der Waals surface area contributed by atoms with Crippen molar-refractivity contribution in [3.05, 3.63) is 211 Å². The van der Waals surface area contributed by atoms with Crippen molar-refractivity contribution in [3.8, 4) is 102 Å². The molecule has 7 heteroatoms. The highest BCUT2D eigenvalue weighted by molar-refractivity contribution is 5.88. The Bertz CT molecular complexity index is 3130. The summed E-state index contributed by atoms with van der Waals surface area (Å²) < 4.78 is 0. The molecule has 0 unspecified atom stereocenters. The lowest BCUT2D eigenvalue weighted by atomic mass is 9.90. The monoisotopic (exact) mass is 811 g/mol. The van der Waals surface area contributed by atoms with Gasteiger partial charge in [-0.1, -0.05) is 164 Å². The lowest BCUT2D eigenvalue weighted by Crippen LogP contribution is -2.01. The van der Waals surface area contributed by atoms with E-state index in [0.717, 1.165) is 78.1 Å². The molecule has 7 nitrogen and oxygen atoms in total. The molecule has 0 aliphatic rings. The van der Waals surface area contributed by atoms with Crippen molar-refractivity contribution in [2.75, 3.05) is 0 Å². The summed E-state index contributed by atoms with van der Waals surface area (Å²) in [4.78, 5) is 35.4. The van der Waals surface area contributed by atoms with Gasteiger partial charge in [0, 0.05) is 44.6 Å². The van der Waals surface area contributed by atoms with Gasteiger partial charge in [-0.15, -0.1) is 0 Å². The number of aromatic nitrogens is 7. The van der Waals surface area contributed by atoms with Crippen LogP contribution in [0.4, 0.5) is 0 Å². The lowest BCUT2D eigenvalue weighted by molar-refractivity contribution is 1.07. The van der Waals surface area contributed by atoms with Crippen LogP contribution in [0.5, 0.6) is 0 Å². The standard InChI is InChI=1S/C56H41N7/c1-36-31-37(2)57-50(38(36)3)47-34-45(43-27-18-28-44(32-43)55-60-51(39-19-8-4-9-20-39)58-52(61-55)40-21-10-5-11-22-40)33-46(35-47)48-29-16-17-30-49(48)56-62-53(41-23-12-6-13-24-41)59-54(63-56)42-25-14-7-15-26-42/h4-35H,1-3H3. The molecular formula is C56H41N7. The summed E-state index contributed by atoms with van der Waals surface area (Å²) in [5.74, 6) is 3.64. The first kappa shape index (κ1) is 38.9. The zero-order valence-corrected chi connectivity index (χ0v) is 35.1. The predicted molar refractivity (Wildman–Crippen MR) is 254 cm³/mol. The SMILES string of the molecule is Cc1cc(C)c(C)c(-c2cc(-c3cccc(-c4nc(-c5ccccc5)nc(-c5ccccc5)n4)c3)cc(-c3ccccc3-c3nc(-c4ccccc4)nc(-c4ccccc4)n3)c2)n1. The number of hydrogen-bond donors (Lipinski definition) is 0. The van der Waals surface area contributed by atoms with Crippen molar-refractivity contribution >= 4 is 0 Å². The van der Waals surface area contributed by atoms with Gasteiger partial charge in [0.15, 0.2) is 34.9 Å². The third kappa shape index (κ3) is 8.15. The maximum atomic E-state index is 5.13. The minimum absolute atomic E-state index is 0.589. The van der Waals surface area contributed by atoms with Crippen LogP contribution < -0.4 is 0 Å². The van der Waals surface area contributed by atoms with Crippen LogP contribution in [-0.4, -0.2) is 34.9 Å². The van der Waals surface area contributed by atoms with Crippen LogP contribution in [0.3, 0.4) is 0 Å². The van der Waals surface area contributed by atoms with Crippen LogP contribution in [0.2, 0.25) is 0 Å². The molecule has 0 saturated carbocycles. The number of nitrogens with zero attached hydrogens (tertiary/aromatic N) is 7. The summed E-state index contributed by atoms with van der Waals surface area (Å²) in [5.41, 5.74) is 14.7. The van der Waals surface area contributed by atoms with Gasteiger partial charge in [0.05, 0.1) is 5.69 Å². The molecule has 0 spiro atoms. The van der Waals surface area contributed by atoms with Crippen LogP contribution in [0.1, 0.15) is 16.8 Å². The molecule has 0 saturated heterocycles. The fraction of sp³-hybridized carbons (Fsp3) is 0.0536. The van der Waals surface area contributed by atoms with E-state index in [1.807, 2.05) is 127 Å². The third-order valence-electron chi connectivity index (χ3n) is 11.2. The predicted octanol–water partition coefficient (Wildman–Crippen LogP) is 13.4. The van der Waals surface area contributed by atoms with Gasteiger partial charge in [0.25, 0.3) is 0 Å². The van der Waals surface area contributed by atoms with Crippen LogP contribution in [-0.2, 0) is 0 Å². The van der Waals surface area contributed by atoms with Gasteiger partial charge >= 0.3 is 0 Å². The van der Waals surface area contributed by atoms with Crippen LogP contribution in [0, 0.1) is 20.8 Å². The summed E-state index contributed by atoms with van der Waals surface area (Å²) in [6.07, 6.45) is 0. The largest absolute Gasteiger partial charge is 0.253 e. The van der Waals surface area contributed by atoms with Crippen molar-refractivity contribution in [2.45, 2.75) is 20.8 Å². The molecule has 0 bridgehead atoms. The van der Waals surface area contributed by atoms with E-state index >= 15 is 0 Å². The molecule has 0 aliphatic heterocycles. The highest BCUT2D eigenvalue weighted by Crippen LogP contribution is 2.39. The first-order valence-electron chi connectivity index (χ1n) is 21.0. The van der Waals surface area contributed by atoms with E-state index in [9.17, 15) is 0 Å². The van der Waals surface area contributed by atoms with Crippen molar-refractivity contribution in [1.82, 2.24) is 34.9 Å². The molecule has 63 heavy (non-hydrogen) atoms. The van der Waals surface area contributed by atoms with Crippen molar-refractivity contribution in [2.24, 2.45) is 0 Å². The minimum atomic E-state index is 0.589. The minimum Gasteiger partial charge on any atom is -0.253 e. The Labute approximate surface area is 367 Å². The quantitative estimate of drug-likeness (QED) is 0.143. The lowest BCUT2D eigenvalue weighted by Gasteiger charge is -2.16. The van der Waals surface area contributed by atoms with Gasteiger partial charge in [0.1, 0.15) is 0 Å². The Kier molecular flexibility index (Phi) is 10.5. The number of pyridine rings is 1. The summed E-state index contributed by atoms with van der Waals surface area (Å²) in [6, 6.07) is 65.9. The first-order valence-corrected chi connectivity index (χ1v) is 21.0. The Morgan fingerprint density at radius 2 is 0.619 bits per heavy atom. The normalized spacial score (nSPS) is 11.1. The fourth-order valence-corrected chi connectivity index (χ4v) is 7.90. The van der Waals surface area contributed by atoms with Gasteiger partial charge in [-0.05, 0) is 84.5 Å². The van der Waals surface area contributed by atoms with Crippen LogP contribution in [0.25, 0.3) is 102 Å². The molecule has 0 N–H and O–H groups in total. The number of rotatable bonds is 9. The molecule has 0 atom stereocenters. The zero-order valence-electron chi connectivity index (χ0n) is 35.1. The van der Waals surface area contributed by atoms with Gasteiger partial charge in [-0.2, -0.15) is 0 Å². The summed E-state index contributed by atoms with van der Waals surface area (Å²) in [6.45, 7) is 6.35. The van der Waals surface area contributed by atoms with E-state index in [1.54, 1.807) is 0 Å². The van der Waals surface area contributed by atoms with Crippen molar-refractivity contribution in [3.63, 3.8) is 0 Å².